The summed E-state index contributed by atoms with van der Waals surface area (Å²) < 4.78 is 24.6. The highest BCUT2D eigenvalue weighted by molar-refractivity contribution is 5.78. The maximum atomic E-state index is 12.3. The standard InChI is InChI=1S/C8H13F2NO/c1-5(2)7(12)11-6-3-8(9,10)4-6/h5-6H,3-4H2,1-2H3,(H,11,12). The van der Waals surface area contributed by atoms with Crippen LogP contribution in [0.4, 0.5) is 8.78 Å². The fourth-order valence-corrected chi connectivity index (χ4v) is 1.13. The van der Waals surface area contributed by atoms with Crippen LogP contribution in [-0.2, 0) is 4.79 Å². The summed E-state index contributed by atoms with van der Waals surface area (Å²) >= 11 is 0. The molecule has 0 saturated heterocycles. The van der Waals surface area contributed by atoms with Gasteiger partial charge in [0, 0.05) is 24.8 Å². The molecule has 0 spiro atoms. The molecule has 0 aromatic heterocycles. The van der Waals surface area contributed by atoms with Crippen LogP contribution in [0.5, 0.6) is 0 Å². The number of carbonyl (C=O) groups excluding carboxylic acids is 1. The zero-order valence-electron chi connectivity index (χ0n) is 7.23. The Labute approximate surface area is 70.3 Å². The quantitative estimate of drug-likeness (QED) is 0.681. The van der Waals surface area contributed by atoms with Crippen LogP contribution >= 0.6 is 0 Å². The summed E-state index contributed by atoms with van der Waals surface area (Å²) in [5.41, 5.74) is 0. The third-order valence-corrected chi connectivity index (χ3v) is 1.96. The molecule has 0 atom stereocenters. The number of amides is 1. The van der Waals surface area contributed by atoms with Crippen molar-refractivity contribution < 1.29 is 13.6 Å². The van der Waals surface area contributed by atoms with E-state index in [1.807, 2.05) is 0 Å². The van der Waals surface area contributed by atoms with Gasteiger partial charge in [0.15, 0.2) is 0 Å². The predicted molar refractivity (Wildman–Crippen MR) is 40.9 cm³/mol. The molecule has 1 rings (SSSR count). The molecule has 1 aliphatic rings. The van der Waals surface area contributed by atoms with Gasteiger partial charge in [-0.2, -0.15) is 0 Å². The Bertz CT molecular complexity index is 183. The molecule has 0 bridgehead atoms. The number of halogens is 2. The monoisotopic (exact) mass is 177 g/mol. The summed E-state index contributed by atoms with van der Waals surface area (Å²) in [6.45, 7) is 3.48. The lowest BCUT2D eigenvalue weighted by Crippen LogP contribution is -2.51. The van der Waals surface area contributed by atoms with Gasteiger partial charge in [-0.15, -0.1) is 0 Å². The summed E-state index contributed by atoms with van der Waals surface area (Å²) in [6, 6.07) is -0.310. The highest BCUT2D eigenvalue weighted by Crippen LogP contribution is 2.37. The van der Waals surface area contributed by atoms with E-state index in [2.05, 4.69) is 5.32 Å². The average molecular weight is 177 g/mol. The van der Waals surface area contributed by atoms with Gasteiger partial charge in [0.1, 0.15) is 0 Å². The van der Waals surface area contributed by atoms with E-state index in [1.165, 1.54) is 0 Å². The fourth-order valence-electron chi connectivity index (χ4n) is 1.13. The molecule has 1 amide bonds. The van der Waals surface area contributed by atoms with Gasteiger partial charge in [-0.25, -0.2) is 8.78 Å². The largest absolute Gasteiger partial charge is 0.353 e. The molecule has 70 valence electrons. The minimum Gasteiger partial charge on any atom is -0.353 e. The van der Waals surface area contributed by atoms with Crippen LogP contribution in [0.3, 0.4) is 0 Å². The Morgan fingerprint density at radius 3 is 2.33 bits per heavy atom. The number of nitrogens with one attached hydrogen (secondary N) is 1. The molecular formula is C8H13F2NO. The van der Waals surface area contributed by atoms with Crippen molar-refractivity contribution >= 4 is 5.91 Å². The van der Waals surface area contributed by atoms with Gasteiger partial charge >= 0.3 is 0 Å². The van der Waals surface area contributed by atoms with E-state index in [-0.39, 0.29) is 30.7 Å². The Morgan fingerprint density at radius 2 is 2.00 bits per heavy atom. The van der Waals surface area contributed by atoms with Crippen LogP contribution in [0, 0.1) is 5.92 Å². The van der Waals surface area contributed by atoms with Crippen LogP contribution in [0.2, 0.25) is 0 Å². The Balaban J connectivity index is 2.23. The van der Waals surface area contributed by atoms with Gasteiger partial charge in [-0.05, 0) is 0 Å². The smallest absolute Gasteiger partial charge is 0.252 e. The van der Waals surface area contributed by atoms with Gasteiger partial charge in [0.25, 0.3) is 5.92 Å². The SMILES string of the molecule is CC(C)C(=O)NC1CC(F)(F)C1. The lowest BCUT2D eigenvalue weighted by atomic mass is 9.88. The summed E-state index contributed by atoms with van der Waals surface area (Å²) in [5, 5.41) is 2.55. The second kappa shape index (κ2) is 2.99. The minimum absolute atomic E-state index is 0.126. The van der Waals surface area contributed by atoms with Crippen LogP contribution < -0.4 is 5.32 Å². The van der Waals surface area contributed by atoms with Gasteiger partial charge < -0.3 is 5.32 Å². The Morgan fingerprint density at radius 1 is 1.50 bits per heavy atom. The van der Waals surface area contributed by atoms with E-state index in [1.54, 1.807) is 13.8 Å². The van der Waals surface area contributed by atoms with Gasteiger partial charge in [-0.3, -0.25) is 4.79 Å². The van der Waals surface area contributed by atoms with Crippen molar-refractivity contribution in [2.24, 2.45) is 5.92 Å². The predicted octanol–water partition coefficient (Wildman–Crippen LogP) is 1.56. The van der Waals surface area contributed by atoms with E-state index in [4.69, 9.17) is 0 Å². The van der Waals surface area contributed by atoms with Crippen LogP contribution in [0.1, 0.15) is 26.7 Å². The lowest BCUT2D eigenvalue weighted by Gasteiger charge is -2.35. The molecule has 2 nitrogen and oxygen atoms in total. The lowest BCUT2D eigenvalue weighted by molar-refractivity contribution is -0.131. The van der Waals surface area contributed by atoms with E-state index in [0.717, 1.165) is 0 Å². The molecule has 1 N–H and O–H groups in total. The molecule has 0 aliphatic heterocycles. The highest BCUT2D eigenvalue weighted by Gasteiger charge is 2.45. The first-order valence-electron chi connectivity index (χ1n) is 4.09. The third kappa shape index (κ3) is 2.16. The summed E-state index contributed by atoms with van der Waals surface area (Å²) in [7, 11) is 0. The van der Waals surface area contributed by atoms with Crippen LogP contribution in [-0.4, -0.2) is 17.9 Å². The number of carbonyl (C=O) groups is 1. The first kappa shape index (κ1) is 9.42. The highest BCUT2D eigenvalue weighted by atomic mass is 19.3. The zero-order valence-corrected chi connectivity index (χ0v) is 7.23. The van der Waals surface area contributed by atoms with Crippen LogP contribution in [0.15, 0.2) is 0 Å². The molecular weight excluding hydrogens is 164 g/mol. The molecule has 0 aromatic rings. The molecule has 0 aromatic carbocycles. The molecule has 0 radical (unpaired) electrons. The first-order chi connectivity index (χ1) is 5.41. The van der Waals surface area contributed by atoms with Crippen molar-refractivity contribution in [2.45, 2.75) is 38.7 Å². The van der Waals surface area contributed by atoms with Crippen molar-refractivity contribution in [3.63, 3.8) is 0 Å². The molecule has 0 heterocycles. The Kier molecular flexibility index (Phi) is 2.35. The summed E-state index contributed by atoms with van der Waals surface area (Å²) in [5.74, 6) is -2.82. The fraction of sp³-hybridized carbons (Fsp3) is 0.875. The maximum absolute atomic E-state index is 12.3. The Hall–Kier alpha value is -0.670. The molecule has 1 saturated carbocycles. The van der Waals surface area contributed by atoms with Crippen LogP contribution in [0.25, 0.3) is 0 Å². The molecule has 12 heavy (non-hydrogen) atoms. The van der Waals surface area contributed by atoms with Crippen molar-refractivity contribution in [3.8, 4) is 0 Å². The maximum Gasteiger partial charge on any atom is 0.252 e. The summed E-state index contributed by atoms with van der Waals surface area (Å²) in [6.07, 6.45) is -0.406. The minimum atomic E-state index is -2.55. The first-order valence-corrected chi connectivity index (χ1v) is 4.09. The third-order valence-electron chi connectivity index (χ3n) is 1.96. The van der Waals surface area contributed by atoms with E-state index in [9.17, 15) is 13.6 Å². The molecule has 1 fully saturated rings. The molecule has 0 unspecified atom stereocenters. The number of rotatable bonds is 2. The second-order valence-corrected chi connectivity index (χ2v) is 3.62. The van der Waals surface area contributed by atoms with Gasteiger partial charge in [-0.1, -0.05) is 13.8 Å². The molecule has 1 aliphatic carbocycles. The van der Waals surface area contributed by atoms with E-state index < -0.39 is 5.92 Å². The second-order valence-electron chi connectivity index (χ2n) is 3.62. The summed E-state index contributed by atoms with van der Waals surface area (Å²) in [4.78, 5) is 11.0. The van der Waals surface area contributed by atoms with Crippen molar-refractivity contribution in [3.05, 3.63) is 0 Å². The number of hydrogen-bond acceptors (Lipinski definition) is 1. The van der Waals surface area contributed by atoms with E-state index >= 15 is 0 Å². The van der Waals surface area contributed by atoms with Crippen molar-refractivity contribution in [1.29, 1.82) is 0 Å². The average Bonchev–Trinajstić information content (AvgIpc) is 1.83. The topological polar surface area (TPSA) is 29.1 Å². The number of hydrogen-bond donors (Lipinski definition) is 1. The van der Waals surface area contributed by atoms with Gasteiger partial charge in [0.2, 0.25) is 5.91 Å². The molecule has 4 heteroatoms. The van der Waals surface area contributed by atoms with E-state index in [0.29, 0.717) is 0 Å². The number of alkyl halides is 2. The van der Waals surface area contributed by atoms with Crippen molar-refractivity contribution in [2.75, 3.05) is 0 Å². The van der Waals surface area contributed by atoms with Crippen molar-refractivity contribution in [1.82, 2.24) is 5.32 Å². The van der Waals surface area contributed by atoms with Gasteiger partial charge in [0.05, 0.1) is 0 Å². The normalized spacial score (nSPS) is 22.1. The zero-order chi connectivity index (χ0) is 9.35.